The van der Waals surface area contributed by atoms with Crippen molar-refractivity contribution >= 4 is 17.9 Å². The van der Waals surface area contributed by atoms with Crippen LogP contribution < -0.4 is 10.6 Å². The van der Waals surface area contributed by atoms with Crippen molar-refractivity contribution < 1.29 is 23.9 Å². The molecule has 2 N–H and O–H groups in total. The van der Waals surface area contributed by atoms with Crippen molar-refractivity contribution in [2.75, 3.05) is 13.2 Å². The minimum atomic E-state index is -0.645. The van der Waals surface area contributed by atoms with Gasteiger partial charge in [-0.25, -0.2) is 9.59 Å². The van der Waals surface area contributed by atoms with Gasteiger partial charge in [0.25, 0.3) is 0 Å². The van der Waals surface area contributed by atoms with Crippen molar-refractivity contribution in [1.29, 1.82) is 0 Å². The van der Waals surface area contributed by atoms with Gasteiger partial charge in [0.05, 0.1) is 12.5 Å². The summed E-state index contributed by atoms with van der Waals surface area (Å²) in [6.07, 6.45) is 4.64. The Hall–Kier alpha value is -2.25. The maximum absolute atomic E-state index is 12.3. The molecule has 1 saturated carbocycles. The lowest BCUT2D eigenvalue weighted by molar-refractivity contribution is -0.162. The largest absolute Gasteiger partial charge is 0.466 e. The maximum atomic E-state index is 12.3. The zero-order valence-corrected chi connectivity index (χ0v) is 17.8. The summed E-state index contributed by atoms with van der Waals surface area (Å²) in [7, 11) is 0. The van der Waals surface area contributed by atoms with E-state index in [4.69, 9.17) is 9.47 Å². The van der Waals surface area contributed by atoms with Gasteiger partial charge in [0.1, 0.15) is 12.1 Å². The fraction of sp³-hybridized carbons (Fsp3) is 0.609. The smallest absolute Gasteiger partial charge is 0.330 e. The molecule has 0 aromatic heterocycles. The van der Waals surface area contributed by atoms with Crippen LogP contribution >= 0.6 is 0 Å². The van der Waals surface area contributed by atoms with Gasteiger partial charge in [-0.15, -0.1) is 0 Å². The van der Waals surface area contributed by atoms with Crippen LogP contribution in [0.2, 0.25) is 0 Å². The molecule has 30 heavy (non-hydrogen) atoms. The van der Waals surface area contributed by atoms with E-state index < -0.39 is 23.9 Å². The summed E-state index contributed by atoms with van der Waals surface area (Å²) in [6.45, 7) is 4.17. The Balaban J connectivity index is 1.45. The van der Waals surface area contributed by atoms with E-state index in [1.54, 1.807) is 13.8 Å². The molecule has 0 spiro atoms. The highest BCUT2D eigenvalue weighted by Crippen LogP contribution is 2.34. The van der Waals surface area contributed by atoms with Gasteiger partial charge in [-0.3, -0.25) is 4.79 Å². The summed E-state index contributed by atoms with van der Waals surface area (Å²) in [5.41, 5.74) is 0.876. The number of rotatable bonds is 9. The Morgan fingerprint density at radius 3 is 2.63 bits per heavy atom. The first kappa shape index (κ1) is 22.4. The lowest BCUT2D eigenvalue weighted by Crippen LogP contribution is -2.42. The second-order valence-electron chi connectivity index (χ2n) is 8.17. The first-order valence-electron chi connectivity index (χ1n) is 11.0. The number of esters is 3. The molecule has 2 aliphatic rings. The van der Waals surface area contributed by atoms with E-state index in [2.05, 4.69) is 10.6 Å². The van der Waals surface area contributed by atoms with Crippen molar-refractivity contribution in [3.05, 3.63) is 35.9 Å². The highest BCUT2D eigenvalue weighted by Gasteiger charge is 2.41. The second kappa shape index (κ2) is 10.7. The van der Waals surface area contributed by atoms with Gasteiger partial charge in [-0.1, -0.05) is 36.8 Å². The molecule has 7 nitrogen and oxygen atoms in total. The highest BCUT2D eigenvalue weighted by molar-refractivity contribution is 5.90. The lowest BCUT2D eigenvalue weighted by atomic mass is 9.95. The van der Waals surface area contributed by atoms with E-state index in [0.717, 1.165) is 24.8 Å². The molecule has 1 aliphatic carbocycles. The number of nitrogens with one attached hydrogen (secondary N) is 2. The molecule has 5 atom stereocenters. The monoisotopic (exact) mass is 416 g/mol. The van der Waals surface area contributed by atoms with Crippen LogP contribution in [0.3, 0.4) is 0 Å². The summed E-state index contributed by atoms with van der Waals surface area (Å²) >= 11 is 0. The van der Waals surface area contributed by atoms with Crippen molar-refractivity contribution in [3.63, 3.8) is 0 Å². The molecule has 3 unspecified atom stereocenters. The Kier molecular flexibility index (Phi) is 7.99. The third-order valence-corrected chi connectivity index (χ3v) is 6.11. The number of benzene rings is 1. The molecule has 1 aliphatic heterocycles. The van der Waals surface area contributed by atoms with Crippen LogP contribution in [0, 0.1) is 5.92 Å². The first-order chi connectivity index (χ1) is 14.5. The number of ether oxygens (including phenoxy) is 2. The Morgan fingerprint density at radius 1 is 1.17 bits per heavy atom. The zero-order chi connectivity index (χ0) is 21.5. The summed E-state index contributed by atoms with van der Waals surface area (Å²) in [6, 6.07) is 8.79. The molecule has 1 aromatic carbocycles. The van der Waals surface area contributed by atoms with Gasteiger partial charge in [0, 0.05) is 6.04 Å². The SMILES string of the molecule is CCOC(=O)[C@@H](CCN[C@H](C)C(=O)OC(=O)C1CC2CCCC2N1)c1ccccc1. The van der Waals surface area contributed by atoms with Crippen molar-refractivity contribution in [2.24, 2.45) is 5.92 Å². The van der Waals surface area contributed by atoms with Crippen LogP contribution in [0.25, 0.3) is 0 Å². The Labute approximate surface area is 177 Å². The zero-order valence-electron chi connectivity index (χ0n) is 17.8. The number of carbonyl (C=O) groups excluding carboxylic acids is 3. The summed E-state index contributed by atoms with van der Waals surface area (Å²) in [5.74, 6) is -1.26. The van der Waals surface area contributed by atoms with Crippen LogP contribution in [0.5, 0.6) is 0 Å². The molecule has 0 amide bonds. The van der Waals surface area contributed by atoms with E-state index in [1.807, 2.05) is 30.3 Å². The normalized spacial score (nSPS) is 24.7. The maximum Gasteiger partial charge on any atom is 0.330 e. The third kappa shape index (κ3) is 5.67. The second-order valence-corrected chi connectivity index (χ2v) is 8.17. The molecular formula is C23H32N2O5. The third-order valence-electron chi connectivity index (χ3n) is 6.11. The average Bonchev–Trinajstić information content (AvgIpc) is 3.34. The van der Waals surface area contributed by atoms with E-state index in [0.29, 0.717) is 31.5 Å². The van der Waals surface area contributed by atoms with E-state index in [9.17, 15) is 14.4 Å². The van der Waals surface area contributed by atoms with Crippen LogP contribution in [-0.2, 0) is 23.9 Å². The minimum absolute atomic E-state index is 0.284. The molecule has 7 heteroatoms. The van der Waals surface area contributed by atoms with E-state index >= 15 is 0 Å². The van der Waals surface area contributed by atoms with Gasteiger partial charge in [0.15, 0.2) is 0 Å². The molecule has 1 aromatic rings. The van der Waals surface area contributed by atoms with Crippen molar-refractivity contribution in [1.82, 2.24) is 10.6 Å². The Bertz CT molecular complexity index is 726. The predicted octanol–water partition coefficient (Wildman–Crippen LogP) is 2.30. The number of fused-ring (bicyclic) bond motifs is 1. The van der Waals surface area contributed by atoms with Gasteiger partial charge < -0.3 is 20.1 Å². The Morgan fingerprint density at radius 2 is 1.93 bits per heavy atom. The van der Waals surface area contributed by atoms with Crippen molar-refractivity contribution in [2.45, 2.75) is 70.0 Å². The van der Waals surface area contributed by atoms with Crippen LogP contribution in [0.1, 0.15) is 57.4 Å². The predicted molar refractivity (Wildman–Crippen MR) is 112 cm³/mol. The lowest BCUT2D eigenvalue weighted by Gasteiger charge is -2.18. The first-order valence-corrected chi connectivity index (χ1v) is 11.0. The number of hydrogen-bond donors (Lipinski definition) is 2. The van der Waals surface area contributed by atoms with Crippen LogP contribution in [0.4, 0.5) is 0 Å². The molecule has 2 fully saturated rings. The van der Waals surface area contributed by atoms with Gasteiger partial charge in [0.2, 0.25) is 0 Å². The van der Waals surface area contributed by atoms with E-state index in [1.165, 1.54) is 6.42 Å². The van der Waals surface area contributed by atoms with Gasteiger partial charge >= 0.3 is 17.9 Å². The standard InChI is InChI=1S/C23H32N2O5/c1-3-29-22(27)18(16-8-5-4-6-9-16)12-13-24-15(2)21(26)30-23(28)20-14-17-10-7-11-19(17)25-20/h4-6,8-9,15,17-20,24-25H,3,7,10-14H2,1-2H3/t15-,17?,18+,19?,20?/m1/s1. The minimum Gasteiger partial charge on any atom is -0.466 e. The highest BCUT2D eigenvalue weighted by atomic mass is 16.6. The van der Waals surface area contributed by atoms with Crippen LogP contribution in [-0.4, -0.2) is 49.2 Å². The molecule has 3 rings (SSSR count). The molecule has 1 saturated heterocycles. The van der Waals surface area contributed by atoms with Gasteiger partial charge in [-0.05, 0) is 57.6 Å². The topological polar surface area (TPSA) is 93.7 Å². The van der Waals surface area contributed by atoms with E-state index in [-0.39, 0.29) is 12.0 Å². The fourth-order valence-corrected chi connectivity index (χ4v) is 4.47. The number of carbonyl (C=O) groups is 3. The summed E-state index contributed by atoms with van der Waals surface area (Å²) in [4.78, 5) is 37.0. The molecule has 0 radical (unpaired) electrons. The van der Waals surface area contributed by atoms with Crippen molar-refractivity contribution in [3.8, 4) is 0 Å². The molecule has 164 valence electrons. The van der Waals surface area contributed by atoms with Gasteiger partial charge in [-0.2, -0.15) is 0 Å². The molecule has 0 bridgehead atoms. The fourth-order valence-electron chi connectivity index (χ4n) is 4.47. The molecule has 1 heterocycles. The quantitative estimate of drug-likeness (QED) is 0.471. The number of hydrogen-bond acceptors (Lipinski definition) is 7. The summed E-state index contributed by atoms with van der Waals surface area (Å²) < 4.78 is 10.3. The molecular weight excluding hydrogens is 384 g/mol. The average molecular weight is 417 g/mol. The summed E-state index contributed by atoms with van der Waals surface area (Å²) in [5, 5.41) is 6.36. The van der Waals surface area contributed by atoms with Crippen LogP contribution in [0.15, 0.2) is 30.3 Å².